The fourth-order valence-electron chi connectivity index (χ4n) is 5.98. The molecule has 2 atom stereocenters. The van der Waals surface area contributed by atoms with Crippen LogP contribution in [0.25, 0.3) is 0 Å². The maximum Gasteiger partial charge on any atom is 0.233 e. The second-order valence-corrected chi connectivity index (χ2v) is 11.2. The Morgan fingerprint density at radius 1 is 1.10 bits per heavy atom. The minimum atomic E-state index is 0.0723. The molecule has 1 saturated heterocycles. The fourth-order valence-corrected chi connectivity index (χ4v) is 6.66. The zero-order valence-corrected chi connectivity index (χ0v) is 19.6. The Morgan fingerprint density at radius 3 is 2.58 bits per heavy atom. The molecular weight excluding hydrogens is 404 g/mol. The first-order valence-electron chi connectivity index (χ1n) is 11.6. The third kappa shape index (κ3) is 3.57. The van der Waals surface area contributed by atoms with Crippen LogP contribution in [-0.4, -0.2) is 44.8 Å². The highest BCUT2D eigenvalue weighted by molar-refractivity contribution is 7.99. The summed E-state index contributed by atoms with van der Waals surface area (Å²) < 4.78 is 0. The van der Waals surface area contributed by atoms with Crippen molar-refractivity contribution >= 4 is 17.7 Å². The Labute approximate surface area is 189 Å². The number of aromatic nitrogens is 3. The van der Waals surface area contributed by atoms with E-state index < -0.39 is 0 Å². The average molecular weight is 437 g/mol. The van der Waals surface area contributed by atoms with Crippen molar-refractivity contribution in [2.75, 3.05) is 18.8 Å². The van der Waals surface area contributed by atoms with Crippen molar-refractivity contribution in [3.63, 3.8) is 0 Å². The first kappa shape index (κ1) is 20.9. The summed E-state index contributed by atoms with van der Waals surface area (Å²) in [6, 6.07) is 10.7. The molecule has 1 amide bonds. The van der Waals surface area contributed by atoms with Crippen molar-refractivity contribution < 1.29 is 4.79 Å². The predicted octanol–water partition coefficient (Wildman–Crippen LogP) is 4.62. The Balaban J connectivity index is 1.16. The van der Waals surface area contributed by atoms with Crippen molar-refractivity contribution in [2.45, 2.75) is 69.4 Å². The van der Waals surface area contributed by atoms with E-state index in [0.717, 1.165) is 50.2 Å². The van der Waals surface area contributed by atoms with E-state index in [1.165, 1.54) is 23.7 Å². The van der Waals surface area contributed by atoms with E-state index in [1.807, 2.05) is 4.90 Å². The summed E-state index contributed by atoms with van der Waals surface area (Å²) >= 11 is 1.44. The SMILES string of the molecule is CC12CCC(c3nnc(SCC(=O)N4CCC(Cc5ccccc5)CC4)nc31)C2(C)C. The van der Waals surface area contributed by atoms with Gasteiger partial charge in [0.2, 0.25) is 11.1 Å². The monoisotopic (exact) mass is 436 g/mol. The van der Waals surface area contributed by atoms with E-state index in [-0.39, 0.29) is 16.7 Å². The molecule has 2 bridgehead atoms. The molecule has 2 fully saturated rings. The van der Waals surface area contributed by atoms with Gasteiger partial charge in [-0.2, -0.15) is 5.10 Å². The summed E-state index contributed by atoms with van der Waals surface area (Å²) in [6.07, 6.45) is 5.62. The average Bonchev–Trinajstić information content (AvgIpc) is 3.11. The van der Waals surface area contributed by atoms with Gasteiger partial charge in [0.1, 0.15) is 0 Å². The number of thioether (sulfide) groups is 1. The summed E-state index contributed by atoms with van der Waals surface area (Å²) in [6.45, 7) is 8.71. The Bertz CT molecular complexity index is 971. The summed E-state index contributed by atoms with van der Waals surface area (Å²) in [5.41, 5.74) is 3.87. The normalized spacial score (nSPS) is 26.8. The number of hydrogen-bond acceptors (Lipinski definition) is 5. The zero-order valence-electron chi connectivity index (χ0n) is 18.8. The maximum atomic E-state index is 12.8. The fraction of sp³-hybridized carbons (Fsp3) is 0.600. The molecule has 1 aromatic carbocycles. The second kappa shape index (κ2) is 7.88. The molecule has 5 rings (SSSR count). The maximum absolute atomic E-state index is 12.8. The number of hydrogen-bond donors (Lipinski definition) is 0. The third-order valence-electron chi connectivity index (χ3n) is 8.43. The van der Waals surface area contributed by atoms with Crippen LogP contribution in [0.3, 0.4) is 0 Å². The largest absolute Gasteiger partial charge is 0.342 e. The quantitative estimate of drug-likeness (QED) is 0.640. The van der Waals surface area contributed by atoms with E-state index in [0.29, 0.717) is 22.7 Å². The topological polar surface area (TPSA) is 59.0 Å². The number of likely N-dealkylation sites (tertiary alicyclic amines) is 1. The van der Waals surface area contributed by atoms with Crippen molar-refractivity contribution in [1.29, 1.82) is 0 Å². The summed E-state index contributed by atoms with van der Waals surface area (Å²) in [4.78, 5) is 19.7. The van der Waals surface area contributed by atoms with Crippen LogP contribution >= 0.6 is 11.8 Å². The molecule has 5 nitrogen and oxygen atoms in total. The lowest BCUT2D eigenvalue weighted by Crippen LogP contribution is -2.39. The minimum Gasteiger partial charge on any atom is -0.342 e. The number of piperidine rings is 1. The van der Waals surface area contributed by atoms with Crippen LogP contribution in [0.5, 0.6) is 0 Å². The molecule has 0 spiro atoms. The zero-order chi connectivity index (χ0) is 21.6. The highest BCUT2D eigenvalue weighted by atomic mass is 32.2. The molecular formula is C25H32N4OS. The lowest BCUT2D eigenvalue weighted by Gasteiger charge is -2.34. The molecule has 1 aliphatic heterocycles. The summed E-state index contributed by atoms with van der Waals surface area (Å²) in [5, 5.41) is 9.59. The van der Waals surface area contributed by atoms with Gasteiger partial charge in [-0.15, -0.1) is 5.10 Å². The number of benzene rings is 1. The highest BCUT2D eigenvalue weighted by Crippen LogP contribution is 2.66. The van der Waals surface area contributed by atoms with Crippen LogP contribution in [0, 0.1) is 11.3 Å². The summed E-state index contributed by atoms with van der Waals surface area (Å²) in [7, 11) is 0. The van der Waals surface area contributed by atoms with Crippen molar-refractivity contribution in [2.24, 2.45) is 11.3 Å². The Kier molecular flexibility index (Phi) is 5.32. The van der Waals surface area contributed by atoms with Crippen molar-refractivity contribution in [3.8, 4) is 0 Å². The van der Waals surface area contributed by atoms with Crippen LogP contribution in [0.4, 0.5) is 0 Å². The second-order valence-electron chi connectivity index (χ2n) is 10.3. The van der Waals surface area contributed by atoms with Crippen molar-refractivity contribution in [1.82, 2.24) is 20.1 Å². The molecule has 0 N–H and O–H groups in total. The third-order valence-corrected chi connectivity index (χ3v) is 9.25. The minimum absolute atomic E-state index is 0.0723. The van der Waals surface area contributed by atoms with Gasteiger partial charge >= 0.3 is 0 Å². The Morgan fingerprint density at radius 2 is 1.84 bits per heavy atom. The number of fused-ring (bicyclic) bond motifs is 5. The molecule has 164 valence electrons. The number of carbonyl (C=O) groups excluding carboxylic acids is 1. The smallest absolute Gasteiger partial charge is 0.233 e. The molecule has 3 aliphatic rings. The standard InChI is InChI=1S/C25H32N4OS/c1-24(2)19-9-12-25(24,3)22-21(19)27-28-23(26-22)31-16-20(30)29-13-10-18(11-14-29)15-17-7-5-4-6-8-17/h4-8,18-19H,9-16H2,1-3H3. The van der Waals surface area contributed by atoms with Gasteiger partial charge in [-0.25, -0.2) is 4.98 Å². The number of rotatable bonds is 5. The van der Waals surface area contributed by atoms with Gasteiger partial charge in [-0.05, 0) is 49.0 Å². The van der Waals surface area contributed by atoms with Crippen molar-refractivity contribution in [3.05, 3.63) is 47.3 Å². The van der Waals surface area contributed by atoms with Crippen LogP contribution in [0.15, 0.2) is 35.5 Å². The molecule has 0 radical (unpaired) electrons. The lowest BCUT2D eigenvalue weighted by molar-refractivity contribution is -0.129. The van der Waals surface area contributed by atoms with Gasteiger partial charge in [0.25, 0.3) is 0 Å². The molecule has 2 unspecified atom stereocenters. The van der Waals surface area contributed by atoms with Crippen LogP contribution in [0.2, 0.25) is 0 Å². The van der Waals surface area contributed by atoms with E-state index in [2.05, 4.69) is 61.3 Å². The molecule has 31 heavy (non-hydrogen) atoms. The summed E-state index contributed by atoms with van der Waals surface area (Å²) in [5.74, 6) is 1.72. The van der Waals surface area contributed by atoms with Gasteiger partial charge in [0.05, 0.1) is 17.1 Å². The molecule has 2 aliphatic carbocycles. The number of nitrogens with zero attached hydrogens (tertiary/aromatic N) is 4. The number of carbonyl (C=O) groups is 1. The number of amides is 1. The highest BCUT2D eigenvalue weighted by Gasteiger charge is 2.61. The van der Waals surface area contributed by atoms with Gasteiger partial charge in [-0.1, -0.05) is 62.9 Å². The van der Waals surface area contributed by atoms with Crippen LogP contribution < -0.4 is 0 Å². The van der Waals surface area contributed by atoms with Crippen LogP contribution in [-0.2, 0) is 16.6 Å². The molecule has 2 heterocycles. The van der Waals surface area contributed by atoms with Gasteiger partial charge in [-0.3, -0.25) is 4.79 Å². The Hall–Kier alpha value is -1.95. The van der Waals surface area contributed by atoms with Gasteiger partial charge < -0.3 is 4.90 Å². The lowest BCUT2D eigenvalue weighted by atomic mass is 9.70. The van der Waals surface area contributed by atoms with E-state index in [9.17, 15) is 4.79 Å². The first-order valence-corrected chi connectivity index (χ1v) is 12.6. The van der Waals surface area contributed by atoms with E-state index in [1.54, 1.807) is 0 Å². The molecule has 1 saturated carbocycles. The van der Waals surface area contributed by atoms with Crippen LogP contribution in [0.1, 0.15) is 69.3 Å². The van der Waals surface area contributed by atoms with Gasteiger partial charge in [0.15, 0.2) is 0 Å². The van der Waals surface area contributed by atoms with E-state index >= 15 is 0 Å². The van der Waals surface area contributed by atoms with Gasteiger partial charge in [0, 0.05) is 24.4 Å². The molecule has 1 aromatic heterocycles. The molecule has 6 heteroatoms. The molecule has 2 aromatic rings. The first-order chi connectivity index (χ1) is 14.9. The van der Waals surface area contributed by atoms with E-state index in [4.69, 9.17) is 4.98 Å². The predicted molar refractivity (Wildman–Crippen MR) is 123 cm³/mol.